The Balaban J connectivity index is 2.05. The molecule has 88 valence electrons. The monoisotopic (exact) mass is 221 g/mol. The van der Waals surface area contributed by atoms with Gasteiger partial charge in [0.2, 0.25) is 5.95 Å². The van der Waals surface area contributed by atoms with E-state index >= 15 is 0 Å². The number of hydrogen-bond acceptors (Lipinski definition) is 4. The van der Waals surface area contributed by atoms with Gasteiger partial charge in [0.05, 0.1) is 6.61 Å². The summed E-state index contributed by atoms with van der Waals surface area (Å²) in [6, 6.07) is 0. The van der Waals surface area contributed by atoms with Crippen LogP contribution in [-0.4, -0.2) is 28.2 Å². The quantitative estimate of drug-likeness (QED) is 0.842. The zero-order chi connectivity index (χ0) is 11.4. The van der Waals surface area contributed by atoms with E-state index in [4.69, 9.17) is 5.11 Å². The van der Waals surface area contributed by atoms with Crippen LogP contribution >= 0.6 is 0 Å². The van der Waals surface area contributed by atoms with Gasteiger partial charge in [-0.2, -0.15) is 0 Å². The Bertz CT molecular complexity index is 326. The smallest absolute Gasteiger partial charge is 0.225 e. The van der Waals surface area contributed by atoms with E-state index in [0.29, 0.717) is 0 Å². The molecule has 2 heterocycles. The second-order valence-corrected chi connectivity index (χ2v) is 4.41. The standard InChI is InChI=1S/C12H19N3O/c1-2-10-4-3-5-15(8-10)12-13-6-11(9-16)7-14-12/h6-7,10,16H,2-5,8-9H2,1H3. The molecule has 2 rings (SSSR count). The predicted octanol–water partition coefficient (Wildman–Crippen LogP) is 1.60. The van der Waals surface area contributed by atoms with Gasteiger partial charge in [-0.25, -0.2) is 9.97 Å². The van der Waals surface area contributed by atoms with Crippen molar-refractivity contribution in [1.82, 2.24) is 9.97 Å². The number of piperidine rings is 1. The van der Waals surface area contributed by atoms with Gasteiger partial charge in [-0.3, -0.25) is 0 Å². The number of nitrogens with zero attached hydrogens (tertiary/aromatic N) is 3. The van der Waals surface area contributed by atoms with Crippen molar-refractivity contribution in [3.63, 3.8) is 0 Å². The van der Waals surface area contributed by atoms with Gasteiger partial charge in [-0.05, 0) is 18.8 Å². The molecule has 1 aliphatic heterocycles. The Morgan fingerprint density at radius 2 is 2.19 bits per heavy atom. The van der Waals surface area contributed by atoms with Crippen LogP contribution in [0.25, 0.3) is 0 Å². The Morgan fingerprint density at radius 1 is 1.44 bits per heavy atom. The van der Waals surface area contributed by atoms with E-state index in [-0.39, 0.29) is 6.61 Å². The number of hydrogen-bond donors (Lipinski definition) is 1. The third-order valence-electron chi connectivity index (χ3n) is 3.25. The Hall–Kier alpha value is -1.16. The maximum absolute atomic E-state index is 8.93. The topological polar surface area (TPSA) is 49.2 Å². The second kappa shape index (κ2) is 5.25. The van der Waals surface area contributed by atoms with Crippen molar-refractivity contribution in [2.75, 3.05) is 18.0 Å². The Morgan fingerprint density at radius 3 is 2.81 bits per heavy atom. The Labute approximate surface area is 96.3 Å². The molecule has 16 heavy (non-hydrogen) atoms. The van der Waals surface area contributed by atoms with Crippen LogP contribution in [0.5, 0.6) is 0 Å². The zero-order valence-corrected chi connectivity index (χ0v) is 9.76. The fraction of sp³-hybridized carbons (Fsp3) is 0.667. The number of aromatic nitrogens is 2. The van der Waals surface area contributed by atoms with Gasteiger partial charge < -0.3 is 10.0 Å². The van der Waals surface area contributed by atoms with Crippen molar-refractivity contribution in [1.29, 1.82) is 0 Å². The van der Waals surface area contributed by atoms with E-state index in [1.165, 1.54) is 19.3 Å². The van der Waals surface area contributed by atoms with Crippen LogP contribution in [0, 0.1) is 5.92 Å². The van der Waals surface area contributed by atoms with E-state index in [9.17, 15) is 0 Å². The number of anilines is 1. The molecule has 1 saturated heterocycles. The maximum atomic E-state index is 8.93. The summed E-state index contributed by atoms with van der Waals surface area (Å²) in [6.07, 6.45) is 7.19. The summed E-state index contributed by atoms with van der Waals surface area (Å²) in [6.45, 7) is 4.37. The molecule has 0 bridgehead atoms. The van der Waals surface area contributed by atoms with E-state index in [1.807, 2.05) is 0 Å². The molecule has 0 spiro atoms. The predicted molar refractivity (Wildman–Crippen MR) is 63.2 cm³/mol. The lowest BCUT2D eigenvalue weighted by molar-refractivity contribution is 0.281. The molecular formula is C12H19N3O. The van der Waals surface area contributed by atoms with Crippen molar-refractivity contribution in [3.05, 3.63) is 18.0 Å². The normalized spacial score (nSPS) is 21.1. The fourth-order valence-electron chi connectivity index (χ4n) is 2.17. The lowest BCUT2D eigenvalue weighted by Gasteiger charge is -2.32. The van der Waals surface area contributed by atoms with Crippen molar-refractivity contribution < 1.29 is 5.11 Å². The molecule has 0 radical (unpaired) electrons. The number of aliphatic hydroxyl groups excluding tert-OH is 1. The van der Waals surface area contributed by atoms with Gasteiger partial charge >= 0.3 is 0 Å². The van der Waals surface area contributed by atoms with E-state index in [2.05, 4.69) is 21.8 Å². The van der Waals surface area contributed by atoms with Gasteiger partial charge in [0.25, 0.3) is 0 Å². The van der Waals surface area contributed by atoms with Gasteiger partial charge in [-0.1, -0.05) is 13.3 Å². The van der Waals surface area contributed by atoms with E-state index in [0.717, 1.165) is 30.5 Å². The highest BCUT2D eigenvalue weighted by Crippen LogP contribution is 2.22. The molecule has 0 amide bonds. The fourth-order valence-corrected chi connectivity index (χ4v) is 2.17. The summed E-state index contributed by atoms with van der Waals surface area (Å²) >= 11 is 0. The Kier molecular flexibility index (Phi) is 3.72. The first-order chi connectivity index (χ1) is 7.83. The summed E-state index contributed by atoms with van der Waals surface area (Å²) < 4.78 is 0. The van der Waals surface area contributed by atoms with Crippen LogP contribution in [0.2, 0.25) is 0 Å². The van der Waals surface area contributed by atoms with Crippen LogP contribution in [-0.2, 0) is 6.61 Å². The summed E-state index contributed by atoms with van der Waals surface area (Å²) in [5.74, 6) is 1.57. The molecule has 1 fully saturated rings. The molecule has 1 aromatic rings. The van der Waals surface area contributed by atoms with Crippen LogP contribution in [0.1, 0.15) is 31.7 Å². The zero-order valence-electron chi connectivity index (χ0n) is 9.76. The molecule has 1 N–H and O–H groups in total. The average Bonchev–Trinajstić information content (AvgIpc) is 2.39. The first-order valence-corrected chi connectivity index (χ1v) is 6.00. The van der Waals surface area contributed by atoms with Crippen LogP contribution in [0.4, 0.5) is 5.95 Å². The van der Waals surface area contributed by atoms with Crippen LogP contribution in [0.3, 0.4) is 0 Å². The summed E-state index contributed by atoms with van der Waals surface area (Å²) in [5.41, 5.74) is 0.771. The van der Waals surface area contributed by atoms with E-state index < -0.39 is 0 Å². The highest BCUT2D eigenvalue weighted by atomic mass is 16.3. The molecule has 1 aromatic heterocycles. The lowest BCUT2D eigenvalue weighted by Crippen LogP contribution is -2.36. The molecule has 1 aliphatic rings. The van der Waals surface area contributed by atoms with Crippen LogP contribution < -0.4 is 4.90 Å². The minimum atomic E-state index is 0.0118. The molecule has 0 aliphatic carbocycles. The summed E-state index contributed by atoms with van der Waals surface area (Å²) in [4.78, 5) is 10.8. The minimum absolute atomic E-state index is 0.0118. The SMILES string of the molecule is CCC1CCCN(c2ncc(CO)cn2)C1. The lowest BCUT2D eigenvalue weighted by atomic mass is 9.96. The highest BCUT2D eigenvalue weighted by molar-refractivity contribution is 5.30. The third kappa shape index (κ3) is 2.50. The number of rotatable bonds is 3. The average molecular weight is 221 g/mol. The van der Waals surface area contributed by atoms with Crippen molar-refractivity contribution in [3.8, 4) is 0 Å². The van der Waals surface area contributed by atoms with Gasteiger partial charge in [0.1, 0.15) is 0 Å². The molecule has 4 heteroatoms. The van der Waals surface area contributed by atoms with Crippen molar-refractivity contribution >= 4 is 5.95 Å². The van der Waals surface area contributed by atoms with Gasteiger partial charge in [-0.15, -0.1) is 0 Å². The molecule has 1 atom stereocenters. The maximum Gasteiger partial charge on any atom is 0.225 e. The van der Waals surface area contributed by atoms with E-state index in [1.54, 1.807) is 12.4 Å². The van der Waals surface area contributed by atoms with Crippen molar-refractivity contribution in [2.45, 2.75) is 32.8 Å². The van der Waals surface area contributed by atoms with Gasteiger partial charge in [0, 0.05) is 31.0 Å². The second-order valence-electron chi connectivity index (χ2n) is 4.41. The highest BCUT2D eigenvalue weighted by Gasteiger charge is 2.20. The first kappa shape index (κ1) is 11.3. The largest absolute Gasteiger partial charge is 0.392 e. The molecule has 0 saturated carbocycles. The van der Waals surface area contributed by atoms with Crippen molar-refractivity contribution in [2.24, 2.45) is 5.92 Å². The third-order valence-corrected chi connectivity index (χ3v) is 3.25. The number of aliphatic hydroxyl groups is 1. The molecule has 0 aromatic carbocycles. The summed E-state index contributed by atoms with van der Waals surface area (Å²) in [7, 11) is 0. The molecular weight excluding hydrogens is 202 g/mol. The molecule has 4 nitrogen and oxygen atoms in total. The van der Waals surface area contributed by atoms with Crippen LogP contribution in [0.15, 0.2) is 12.4 Å². The summed E-state index contributed by atoms with van der Waals surface area (Å²) in [5, 5.41) is 8.93. The van der Waals surface area contributed by atoms with Gasteiger partial charge in [0.15, 0.2) is 0 Å². The first-order valence-electron chi connectivity index (χ1n) is 6.00. The molecule has 1 unspecified atom stereocenters. The minimum Gasteiger partial charge on any atom is -0.392 e.